The van der Waals surface area contributed by atoms with E-state index in [1.54, 1.807) is 4.90 Å². The second-order valence-corrected chi connectivity index (χ2v) is 5.94. The third-order valence-corrected chi connectivity index (χ3v) is 4.24. The van der Waals surface area contributed by atoms with Crippen LogP contribution in [0.25, 0.3) is 0 Å². The molecule has 21 heavy (non-hydrogen) atoms. The summed E-state index contributed by atoms with van der Waals surface area (Å²) in [4.78, 5) is 17.2. The van der Waals surface area contributed by atoms with Gasteiger partial charge in [0.05, 0.1) is 13.2 Å². The molecule has 3 rings (SSSR count). The number of carbonyl (C=O) groups excluding carboxylic acids is 1. The van der Waals surface area contributed by atoms with Crippen molar-refractivity contribution in [2.75, 3.05) is 24.6 Å². The van der Waals surface area contributed by atoms with Gasteiger partial charge in [0, 0.05) is 18.0 Å². The Morgan fingerprint density at radius 2 is 2.24 bits per heavy atom. The van der Waals surface area contributed by atoms with Crippen LogP contribution in [0.2, 0.25) is 0 Å². The zero-order valence-corrected chi connectivity index (χ0v) is 11.8. The lowest BCUT2D eigenvalue weighted by molar-refractivity contribution is -0.140. The van der Waals surface area contributed by atoms with Crippen LogP contribution in [0.4, 0.5) is 18.3 Å². The third kappa shape index (κ3) is 3.46. The first-order chi connectivity index (χ1) is 9.93. The number of thiazole rings is 1. The van der Waals surface area contributed by atoms with Gasteiger partial charge in [-0.05, 0) is 12.8 Å². The summed E-state index contributed by atoms with van der Waals surface area (Å²) in [7, 11) is 0. The molecule has 1 aliphatic heterocycles. The van der Waals surface area contributed by atoms with Crippen molar-refractivity contribution < 1.29 is 22.7 Å². The smallest absolute Gasteiger partial charge is 0.365 e. The molecule has 9 heteroatoms. The summed E-state index contributed by atoms with van der Waals surface area (Å²) in [6.45, 7) is 0.949. The molecular formula is C12H14F3N3O2S. The first-order valence-electron chi connectivity index (χ1n) is 6.63. The first kappa shape index (κ1) is 14.6. The fourth-order valence-corrected chi connectivity index (χ4v) is 2.91. The molecular weight excluding hydrogens is 307 g/mol. The molecule has 116 valence electrons. The van der Waals surface area contributed by atoms with Crippen LogP contribution in [0.3, 0.4) is 0 Å². The van der Waals surface area contributed by atoms with E-state index in [1.165, 1.54) is 0 Å². The Labute approximate surface area is 123 Å². The van der Waals surface area contributed by atoms with Crippen LogP contribution in [0.1, 0.15) is 18.5 Å². The number of anilines is 1. The highest BCUT2D eigenvalue weighted by Crippen LogP contribution is 2.33. The van der Waals surface area contributed by atoms with Crippen LogP contribution in [0.15, 0.2) is 5.38 Å². The number of morpholine rings is 1. The van der Waals surface area contributed by atoms with Gasteiger partial charge in [0.15, 0.2) is 16.9 Å². The second-order valence-electron chi connectivity index (χ2n) is 5.10. The van der Waals surface area contributed by atoms with Crippen LogP contribution >= 0.6 is 11.3 Å². The fraction of sp³-hybridized carbons (Fsp3) is 0.667. The van der Waals surface area contributed by atoms with E-state index in [2.05, 4.69) is 10.3 Å². The summed E-state index contributed by atoms with van der Waals surface area (Å²) < 4.78 is 43.1. The zero-order chi connectivity index (χ0) is 15.0. The number of alkyl halides is 3. The standard InChI is InChI=1S/C12H14F3N3O2S/c13-12(14,15)9-6-21-11(17-9)18-3-4-20-8(5-18)10(19)16-7-1-2-7/h6-8H,1-5H2,(H,16,19). The van der Waals surface area contributed by atoms with Crippen molar-refractivity contribution in [3.63, 3.8) is 0 Å². The van der Waals surface area contributed by atoms with Gasteiger partial charge in [0.2, 0.25) is 0 Å². The summed E-state index contributed by atoms with van der Waals surface area (Å²) in [6, 6.07) is 0.230. The Bertz CT molecular complexity index is 530. The summed E-state index contributed by atoms with van der Waals surface area (Å²) in [5, 5.41) is 4.10. The van der Waals surface area contributed by atoms with E-state index >= 15 is 0 Å². The molecule has 2 aliphatic rings. The minimum Gasteiger partial charge on any atom is -0.365 e. The van der Waals surface area contributed by atoms with Gasteiger partial charge in [-0.1, -0.05) is 0 Å². The fourth-order valence-electron chi connectivity index (χ4n) is 2.04. The second kappa shape index (κ2) is 5.45. The molecule has 0 spiro atoms. The average molecular weight is 321 g/mol. The number of amides is 1. The first-order valence-corrected chi connectivity index (χ1v) is 7.51. The molecule has 0 radical (unpaired) electrons. The number of carbonyl (C=O) groups is 1. The SMILES string of the molecule is O=C(NC1CC1)C1CN(c2nc(C(F)(F)F)cs2)CCO1. The molecule has 1 atom stereocenters. The number of aromatic nitrogens is 1. The molecule has 1 unspecified atom stereocenters. The molecule has 1 aromatic rings. The molecule has 0 bridgehead atoms. The molecule has 1 saturated heterocycles. The molecule has 1 aliphatic carbocycles. The quantitative estimate of drug-likeness (QED) is 0.920. The number of hydrogen-bond acceptors (Lipinski definition) is 5. The Morgan fingerprint density at radius 3 is 2.86 bits per heavy atom. The van der Waals surface area contributed by atoms with E-state index in [1.807, 2.05) is 0 Å². The normalized spacial score (nSPS) is 23.2. The average Bonchev–Trinajstić information content (AvgIpc) is 3.09. The Hall–Kier alpha value is -1.35. The Morgan fingerprint density at radius 1 is 1.48 bits per heavy atom. The van der Waals surface area contributed by atoms with Crippen molar-refractivity contribution in [1.29, 1.82) is 0 Å². The lowest BCUT2D eigenvalue weighted by Gasteiger charge is -2.31. The summed E-state index contributed by atoms with van der Waals surface area (Å²) in [6.07, 6.45) is -3.14. The highest BCUT2D eigenvalue weighted by molar-refractivity contribution is 7.13. The number of ether oxygens (including phenoxy) is 1. The number of nitrogens with zero attached hydrogens (tertiary/aromatic N) is 2. The van der Waals surface area contributed by atoms with Gasteiger partial charge in [0.1, 0.15) is 0 Å². The maximum atomic E-state index is 12.6. The predicted molar refractivity (Wildman–Crippen MR) is 70.2 cm³/mol. The van der Waals surface area contributed by atoms with Crippen molar-refractivity contribution in [1.82, 2.24) is 10.3 Å². The van der Waals surface area contributed by atoms with Gasteiger partial charge >= 0.3 is 6.18 Å². The maximum Gasteiger partial charge on any atom is 0.434 e. The molecule has 1 aromatic heterocycles. The number of nitrogens with one attached hydrogen (secondary N) is 1. The van der Waals surface area contributed by atoms with Gasteiger partial charge in [-0.3, -0.25) is 4.79 Å². The topological polar surface area (TPSA) is 54.5 Å². The summed E-state index contributed by atoms with van der Waals surface area (Å²) >= 11 is 0.930. The monoisotopic (exact) mass is 321 g/mol. The van der Waals surface area contributed by atoms with E-state index in [-0.39, 0.29) is 23.6 Å². The van der Waals surface area contributed by atoms with Gasteiger partial charge < -0.3 is 15.0 Å². The van der Waals surface area contributed by atoms with Crippen LogP contribution in [-0.2, 0) is 15.7 Å². The maximum absolute atomic E-state index is 12.6. The predicted octanol–water partition coefficient (Wildman–Crippen LogP) is 1.65. The molecule has 5 nitrogen and oxygen atoms in total. The number of rotatable bonds is 3. The van der Waals surface area contributed by atoms with Gasteiger partial charge in [-0.15, -0.1) is 11.3 Å². The summed E-state index contributed by atoms with van der Waals surface area (Å²) in [5.74, 6) is -0.199. The van der Waals surface area contributed by atoms with E-state index in [0.717, 1.165) is 29.6 Å². The van der Waals surface area contributed by atoms with Gasteiger partial charge in [0.25, 0.3) is 5.91 Å². The third-order valence-electron chi connectivity index (χ3n) is 3.34. The number of halogens is 3. The van der Waals surface area contributed by atoms with E-state index < -0.39 is 18.0 Å². The lowest BCUT2D eigenvalue weighted by atomic mass is 10.2. The number of hydrogen-bond donors (Lipinski definition) is 1. The molecule has 0 aromatic carbocycles. The van der Waals surface area contributed by atoms with Crippen molar-refractivity contribution in [2.45, 2.75) is 31.2 Å². The zero-order valence-electron chi connectivity index (χ0n) is 11.0. The van der Waals surface area contributed by atoms with Crippen LogP contribution in [0.5, 0.6) is 0 Å². The minimum absolute atomic E-state index is 0.199. The molecule has 1 amide bonds. The minimum atomic E-state index is -4.44. The van der Waals surface area contributed by atoms with Crippen molar-refractivity contribution in [2.24, 2.45) is 0 Å². The van der Waals surface area contributed by atoms with Gasteiger partial charge in [-0.25, -0.2) is 4.98 Å². The van der Waals surface area contributed by atoms with E-state index in [9.17, 15) is 18.0 Å². The molecule has 1 N–H and O–H groups in total. The molecule has 1 saturated carbocycles. The van der Waals surface area contributed by atoms with Crippen molar-refractivity contribution in [3.8, 4) is 0 Å². The van der Waals surface area contributed by atoms with Crippen molar-refractivity contribution >= 4 is 22.4 Å². The highest BCUT2D eigenvalue weighted by atomic mass is 32.1. The van der Waals surface area contributed by atoms with Crippen LogP contribution in [0, 0.1) is 0 Å². The van der Waals surface area contributed by atoms with Gasteiger partial charge in [-0.2, -0.15) is 13.2 Å². The Kier molecular flexibility index (Phi) is 3.78. The van der Waals surface area contributed by atoms with E-state index in [4.69, 9.17) is 4.74 Å². The van der Waals surface area contributed by atoms with Crippen LogP contribution < -0.4 is 10.2 Å². The van der Waals surface area contributed by atoms with Crippen LogP contribution in [-0.4, -0.2) is 42.7 Å². The van der Waals surface area contributed by atoms with Crippen molar-refractivity contribution in [3.05, 3.63) is 11.1 Å². The highest BCUT2D eigenvalue weighted by Gasteiger charge is 2.36. The summed E-state index contributed by atoms with van der Waals surface area (Å²) in [5.41, 5.74) is -0.895. The molecule has 2 fully saturated rings. The largest absolute Gasteiger partial charge is 0.434 e. The Balaban J connectivity index is 1.65. The van der Waals surface area contributed by atoms with E-state index in [0.29, 0.717) is 13.2 Å². The lowest BCUT2D eigenvalue weighted by Crippen LogP contribution is -2.50. The molecule has 2 heterocycles.